The largest absolute Gasteiger partial charge is 0.367 e. The standard InChI is InChI=1S/C14H21N3/c1-3-12-8-13(16-9(2)15-12)17-14(10-4-5-10)11-6-7-11/h8,10-11,14H,3-7H2,1-2H3,(H,15,16,17). The molecule has 2 aliphatic rings. The number of aromatic nitrogens is 2. The molecule has 2 saturated carbocycles. The summed E-state index contributed by atoms with van der Waals surface area (Å²) in [4.78, 5) is 8.95. The molecular formula is C14H21N3. The van der Waals surface area contributed by atoms with Crippen LogP contribution in [0.2, 0.25) is 0 Å². The van der Waals surface area contributed by atoms with E-state index in [-0.39, 0.29) is 0 Å². The summed E-state index contributed by atoms with van der Waals surface area (Å²) in [5, 5.41) is 3.67. The van der Waals surface area contributed by atoms with Crippen LogP contribution in [-0.4, -0.2) is 16.0 Å². The van der Waals surface area contributed by atoms with E-state index in [9.17, 15) is 0 Å². The molecule has 0 aromatic carbocycles. The first-order chi connectivity index (χ1) is 8.26. The molecule has 0 unspecified atom stereocenters. The highest BCUT2D eigenvalue weighted by Crippen LogP contribution is 2.45. The number of anilines is 1. The van der Waals surface area contributed by atoms with Crippen molar-refractivity contribution in [1.82, 2.24) is 9.97 Å². The third-order valence-electron chi connectivity index (χ3n) is 3.83. The summed E-state index contributed by atoms with van der Waals surface area (Å²) in [6.45, 7) is 4.12. The Bertz CT molecular complexity index is 396. The van der Waals surface area contributed by atoms with E-state index in [0.717, 1.165) is 35.6 Å². The molecule has 2 aliphatic carbocycles. The lowest BCUT2D eigenvalue weighted by Gasteiger charge is -2.18. The van der Waals surface area contributed by atoms with Gasteiger partial charge in [-0.25, -0.2) is 9.97 Å². The lowest BCUT2D eigenvalue weighted by molar-refractivity contribution is 0.565. The molecule has 0 saturated heterocycles. The van der Waals surface area contributed by atoms with E-state index in [2.05, 4.69) is 28.3 Å². The minimum absolute atomic E-state index is 0.675. The van der Waals surface area contributed by atoms with Gasteiger partial charge in [0.2, 0.25) is 0 Å². The highest BCUT2D eigenvalue weighted by atomic mass is 15.1. The van der Waals surface area contributed by atoms with E-state index in [1.807, 2.05) is 6.92 Å². The van der Waals surface area contributed by atoms with E-state index in [1.165, 1.54) is 25.7 Å². The number of nitrogens with one attached hydrogen (secondary N) is 1. The van der Waals surface area contributed by atoms with Crippen LogP contribution in [0.25, 0.3) is 0 Å². The summed E-state index contributed by atoms with van der Waals surface area (Å²) in [5.41, 5.74) is 1.14. The summed E-state index contributed by atoms with van der Waals surface area (Å²) in [6, 6.07) is 2.79. The maximum absolute atomic E-state index is 4.52. The number of nitrogens with zero attached hydrogens (tertiary/aromatic N) is 2. The zero-order valence-corrected chi connectivity index (χ0v) is 10.7. The fourth-order valence-corrected chi connectivity index (χ4v) is 2.59. The van der Waals surface area contributed by atoms with Crippen molar-refractivity contribution in [2.75, 3.05) is 5.32 Å². The number of aryl methyl sites for hydroxylation is 2. The topological polar surface area (TPSA) is 37.8 Å². The maximum Gasteiger partial charge on any atom is 0.130 e. The van der Waals surface area contributed by atoms with Gasteiger partial charge in [-0.15, -0.1) is 0 Å². The summed E-state index contributed by atoms with van der Waals surface area (Å²) in [7, 11) is 0. The monoisotopic (exact) mass is 231 g/mol. The van der Waals surface area contributed by atoms with Gasteiger partial charge in [0, 0.05) is 17.8 Å². The zero-order chi connectivity index (χ0) is 11.8. The van der Waals surface area contributed by atoms with Crippen LogP contribution in [0.1, 0.15) is 44.1 Å². The Morgan fingerprint density at radius 2 is 1.88 bits per heavy atom. The second-order valence-electron chi connectivity index (χ2n) is 5.49. The van der Waals surface area contributed by atoms with Crippen LogP contribution in [0.3, 0.4) is 0 Å². The summed E-state index contributed by atoms with van der Waals surface area (Å²) < 4.78 is 0. The lowest BCUT2D eigenvalue weighted by atomic mass is 10.1. The maximum atomic E-state index is 4.52. The molecule has 0 aliphatic heterocycles. The average molecular weight is 231 g/mol. The fourth-order valence-electron chi connectivity index (χ4n) is 2.59. The minimum atomic E-state index is 0.675. The van der Waals surface area contributed by atoms with Gasteiger partial charge in [-0.1, -0.05) is 6.92 Å². The molecule has 92 valence electrons. The Kier molecular flexibility index (Phi) is 2.77. The van der Waals surface area contributed by atoms with Crippen molar-refractivity contribution in [2.24, 2.45) is 11.8 Å². The Balaban J connectivity index is 1.76. The molecule has 1 aromatic rings. The van der Waals surface area contributed by atoms with Crippen molar-refractivity contribution in [2.45, 2.75) is 52.0 Å². The second kappa shape index (κ2) is 4.28. The van der Waals surface area contributed by atoms with E-state index >= 15 is 0 Å². The SMILES string of the molecule is CCc1cc(NC(C2CC2)C2CC2)nc(C)n1. The van der Waals surface area contributed by atoms with Crippen LogP contribution >= 0.6 is 0 Å². The fraction of sp³-hybridized carbons (Fsp3) is 0.714. The number of hydrogen-bond acceptors (Lipinski definition) is 3. The van der Waals surface area contributed by atoms with Crippen LogP contribution in [0.5, 0.6) is 0 Å². The first-order valence-corrected chi connectivity index (χ1v) is 6.87. The van der Waals surface area contributed by atoms with Crippen molar-refractivity contribution in [3.05, 3.63) is 17.6 Å². The predicted molar refractivity (Wildman–Crippen MR) is 69.0 cm³/mol. The molecule has 17 heavy (non-hydrogen) atoms. The normalized spacial score (nSPS) is 19.7. The van der Waals surface area contributed by atoms with Gasteiger partial charge < -0.3 is 5.32 Å². The summed E-state index contributed by atoms with van der Waals surface area (Å²) >= 11 is 0. The van der Waals surface area contributed by atoms with Crippen molar-refractivity contribution in [3.8, 4) is 0 Å². The van der Waals surface area contributed by atoms with Crippen LogP contribution in [0.4, 0.5) is 5.82 Å². The highest BCUT2D eigenvalue weighted by molar-refractivity contribution is 5.38. The molecule has 0 radical (unpaired) electrons. The van der Waals surface area contributed by atoms with Crippen LogP contribution in [-0.2, 0) is 6.42 Å². The predicted octanol–water partition coefficient (Wildman–Crippen LogP) is 2.95. The van der Waals surface area contributed by atoms with Gasteiger partial charge in [0.1, 0.15) is 11.6 Å². The third-order valence-corrected chi connectivity index (χ3v) is 3.83. The van der Waals surface area contributed by atoms with E-state index < -0.39 is 0 Å². The molecule has 1 N–H and O–H groups in total. The van der Waals surface area contributed by atoms with Gasteiger partial charge in [-0.2, -0.15) is 0 Å². The minimum Gasteiger partial charge on any atom is -0.367 e. The van der Waals surface area contributed by atoms with Crippen LogP contribution in [0.15, 0.2) is 6.07 Å². The Morgan fingerprint density at radius 3 is 2.41 bits per heavy atom. The van der Waals surface area contributed by atoms with E-state index in [4.69, 9.17) is 0 Å². The second-order valence-corrected chi connectivity index (χ2v) is 5.49. The van der Waals surface area contributed by atoms with Crippen molar-refractivity contribution >= 4 is 5.82 Å². The molecule has 2 fully saturated rings. The zero-order valence-electron chi connectivity index (χ0n) is 10.7. The molecule has 0 bridgehead atoms. The molecular weight excluding hydrogens is 210 g/mol. The first kappa shape index (κ1) is 11.0. The molecule has 0 amide bonds. The van der Waals surface area contributed by atoms with Crippen molar-refractivity contribution in [1.29, 1.82) is 0 Å². The molecule has 1 heterocycles. The lowest BCUT2D eigenvalue weighted by Crippen LogP contribution is -2.25. The molecule has 3 heteroatoms. The first-order valence-electron chi connectivity index (χ1n) is 6.87. The van der Waals surface area contributed by atoms with Gasteiger partial charge in [0.25, 0.3) is 0 Å². The smallest absolute Gasteiger partial charge is 0.130 e. The van der Waals surface area contributed by atoms with Crippen molar-refractivity contribution in [3.63, 3.8) is 0 Å². The highest BCUT2D eigenvalue weighted by Gasteiger charge is 2.41. The van der Waals surface area contributed by atoms with Gasteiger partial charge in [-0.3, -0.25) is 0 Å². The molecule has 0 spiro atoms. The van der Waals surface area contributed by atoms with Gasteiger partial charge in [0.05, 0.1) is 0 Å². The molecule has 0 atom stereocenters. The van der Waals surface area contributed by atoms with Crippen LogP contribution < -0.4 is 5.32 Å². The van der Waals surface area contributed by atoms with Crippen LogP contribution in [0, 0.1) is 18.8 Å². The van der Waals surface area contributed by atoms with Gasteiger partial charge >= 0.3 is 0 Å². The number of rotatable bonds is 5. The molecule has 1 aromatic heterocycles. The summed E-state index contributed by atoms with van der Waals surface area (Å²) in [6.07, 6.45) is 6.59. The Morgan fingerprint density at radius 1 is 1.24 bits per heavy atom. The van der Waals surface area contributed by atoms with Crippen molar-refractivity contribution < 1.29 is 0 Å². The Labute approximate surface area is 103 Å². The average Bonchev–Trinajstić information content (AvgIpc) is 3.16. The number of hydrogen-bond donors (Lipinski definition) is 1. The molecule has 3 nitrogen and oxygen atoms in total. The molecule has 3 rings (SSSR count). The van der Waals surface area contributed by atoms with E-state index in [0.29, 0.717) is 6.04 Å². The van der Waals surface area contributed by atoms with Gasteiger partial charge in [0.15, 0.2) is 0 Å². The quantitative estimate of drug-likeness (QED) is 0.846. The summed E-state index contributed by atoms with van der Waals surface area (Å²) in [5.74, 6) is 3.74. The Hall–Kier alpha value is -1.12. The van der Waals surface area contributed by atoms with Gasteiger partial charge in [-0.05, 0) is 50.9 Å². The third kappa shape index (κ3) is 2.59. The van der Waals surface area contributed by atoms with E-state index in [1.54, 1.807) is 0 Å².